The summed E-state index contributed by atoms with van der Waals surface area (Å²) in [6, 6.07) is 7.40. The number of benzene rings is 1. The van der Waals surface area contributed by atoms with Crippen LogP contribution in [0.2, 0.25) is 0 Å². The molecule has 0 aliphatic carbocycles. The zero-order valence-corrected chi connectivity index (χ0v) is 11.9. The first-order valence-electron chi connectivity index (χ1n) is 5.67. The number of methoxy groups -OCH3 is 1. The number of hydrogen-bond acceptors (Lipinski definition) is 4. The molecule has 0 heterocycles. The molecule has 4 nitrogen and oxygen atoms in total. The van der Waals surface area contributed by atoms with E-state index in [2.05, 4.69) is 22.0 Å². The lowest BCUT2D eigenvalue weighted by Gasteiger charge is -2.07. The molecule has 0 saturated heterocycles. The molecular weight excluding hydrogens is 298 g/mol. The van der Waals surface area contributed by atoms with Crippen LogP contribution in [0, 0.1) is 11.3 Å². The van der Waals surface area contributed by atoms with E-state index in [1.807, 2.05) is 0 Å². The van der Waals surface area contributed by atoms with E-state index >= 15 is 0 Å². The fourth-order valence-corrected chi connectivity index (χ4v) is 1.72. The van der Waals surface area contributed by atoms with Gasteiger partial charge in [0.2, 0.25) is 0 Å². The third-order valence-corrected chi connectivity index (χ3v) is 2.85. The maximum Gasteiger partial charge on any atom is 0.120 e. The van der Waals surface area contributed by atoms with E-state index in [1.165, 1.54) is 0 Å². The highest BCUT2D eigenvalue weighted by Gasteiger charge is 2.01. The number of rotatable bonds is 8. The van der Waals surface area contributed by atoms with Crippen LogP contribution in [0.3, 0.4) is 0 Å². The van der Waals surface area contributed by atoms with Gasteiger partial charge in [0.05, 0.1) is 25.4 Å². The molecule has 1 aromatic carbocycles. The van der Waals surface area contributed by atoms with E-state index < -0.39 is 0 Å². The molecule has 0 atom stereocenters. The monoisotopic (exact) mass is 313 g/mol. The number of nitriles is 1. The molecule has 0 unspecified atom stereocenters. The van der Waals surface area contributed by atoms with Crippen LogP contribution in [0.25, 0.3) is 0 Å². The van der Waals surface area contributed by atoms with Gasteiger partial charge in [0.25, 0.3) is 0 Å². The summed E-state index contributed by atoms with van der Waals surface area (Å²) in [5, 5.41) is 8.78. The van der Waals surface area contributed by atoms with Gasteiger partial charge in [-0.2, -0.15) is 5.26 Å². The zero-order valence-electron chi connectivity index (χ0n) is 10.3. The molecule has 1 aromatic rings. The fourth-order valence-electron chi connectivity index (χ4n) is 1.27. The number of ether oxygens (including phenoxy) is 3. The first-order valence-corrected chi connectivity index (χ1v) is 6.46. The summed E-state index contributed by atoms with van der Waals surface area (Å²) >= 11 is 3.32. The van der Waals surface area contributed by atoms with Gasteiger partial charge in [0, 0.05) is 24.6 Å². The van der Waals surface area contributed by atoms with Crippen molar-refractivity contribution in [3.05, 3.63) is 28.2 Å². The molecule has 0 N–H and O–H groups in total. The molecule has 0 radical (unpaired) electrons. The van der Waals surface area contributed by atoms with Gasteiger partial charge < -0.3 is 14.2 Å². The Labute approximate surface area is 116 Å². The predicted molar refractivity (Wildman–Crippen MR) is 71.7 cm³/mol. The van der Waals surface area contributed by atoms with E-state index in [0.29, 0.717) is 32.0 Å². The summed E-state index contributed by atoms with van der Waals surface area (Å²) in [7, 11) is 1.65. The molecule has 0 spiro atoms. The molecular formula is C13H16BrNO3. The van der Waals surface area contributed by atoms with Gasteiger partial charge in [0.1, 0.15) is 11.8 Å². The molecule has 1 rings (SSSR count). The van der Waals surface area contributed by atoms with Crippen LogP contribution in [0.4, 0.5) is 0 Å². The Morgan fingerprint density at radius 1 is 1.22 bits per heavy atom. The normalized spacial score (nSPS) is 10.1. The van der Waals surface area contributed by atoms with Gasteiger partial charge in [-0.3, -0.25) is 0 Å². The van der Waals surface area contributed by atoms with Gasteiger partial charge in [-0.1, -0.05) is 0 Å². The minimum absolute atomic E-state index is 0.589. The van der Waals surface area contributed by atoms with E-state index in [-0.39, 0.29) is 0 Å². The van der Waals surface area contributed by atoms with Crippen LogP contribution >= 0.6 is 15.9 Å². The fraction of sp³-hybridized carbons (Fsp3) is 0.462. The minimum Gasteiger partial charge on any atom is -0.493 e. The Balaban J connectivity index is 2.20. The van der Waals surface area contributed by atoms with Crippen molar-refractivity contribution in [1.29, 1.82) is 5.26 Å². The van der Waals surface area contributed by atoms with Crippen molar-refractivity contribution >= 4 is 15.9 Å². The van der Waals surface area contributed by atoms with E-state index in [9.17, 15) is 0 Å². The number of halogens is 1. The molecule has 0 aliphatic rings. The third kappa shape index (κ3) is 5.50. The molecule has 98 valence electrons. The summed E-state index contributed by atoms with van der Waals surface area (Å²) in [5.74, 6) is 0.748. The Hall–Kier alpha value is -1.09. The molecule has 5 heteroatoms. The predicted octanol–water partition coefficient (Wildman–Crippen LogP) is 2.75. The van der Waals surface area contributed by atoms with Crippen molar-refractivity contribution in [3.63, 3.8) is 0 Å². The van der Waals surface area contributed by atoms with Gasteiger partial charge in [-0.15, -0.1) is 0 Å². The van der Waals surface area contributed by atoms with Gasteiger partial charge in [0.15, 0.2) is 0 Å². The molecule has 0 amide bonds. The highest BCUT2D eigenvalue weighted by Crippen LogP contribution is 2.22. The van der Waals surface area contributed by atoms with Crippen molar-refractivity contribution in [2.24, 2.45) is 0 Å². The minimum atomic E-state index is 0.589. The standard InChI is InChI=1S/C13H16BrNO3/c1-16-7-8-17-5-2-6-18-12-4-3-11(10-15)13(14)9-12/h3-4,9H,2,5-8H2,1H3. The molecule has 0 saturated carbocycles. The second-order valence-corrected chi connectivity index (χ2v) is 4.41. The molecule has 18 heavy (non-hydrogen) atoms. The molecule has 0 fully saturated rings. The largest absolute Gasteiger partial charge is 0.493 e. The topological polar surface area (TPSA) is 51.5 Å². The van der Waals surface area contributed by atoms with E-state index in [4.69, 9.17) is 19.5 Å². The highest BCUT2D eigenvalue weighted by molar-refractivity contribution is 9.10. The Kier molecular flexibility index (Phi) is 7.42. The Morgan fingerprint density at radius 3 is 2.72 bits per heavy atom. The quantitative estimate of drug-likeness (QED) is 0.692. The summed E-state index contributed by atoms with van der Waals surface area (Å²) in [5.41, 5.74) is 0.602. The summed E-state index contributed by atoms with van der Waals surface area (Å²) < 4.78 is 16.5. The molecule has 0 aliphatic heterocycles. The smallest absolute Gasteiger partial charge is 0.120 e. The summed E-state index contributed by atoms with van der Waals surface area (Å²) in [6.45, 7) is 2.47. The van der Waals surface area contributed by atoms with Crippen molar-refractivity contribution in [3.8, 4) is 11.8 Å². The van der Waals surface area contributed by atoms with E-state index in [1.54, 1.807) is 25.3 Å². The summed E-state index contributed by atoms with van der Waals surface area (Å²) in [6.07, 6.45) is 0.821. The average Bonchev–Trinajstić information content (AvgIpc) is 2.38. The first-order chi connectivity index (χ1) is 8.77. The highest BCUT2D eigenvalue weighted by atomic mass is 79.9. The van der Waals surface area contributed by atoms with Crippen LogP contribution < -0.4 is 4.74 Å². The second-order valence-electron chi connectivity index (χ2n) is 3.56. The lowest BCUT2D eigenvalue weighted by molar-refractivity contribution is 0.0644. The van der Waals surface area contributed by atoms with Crippen molar-refractivity contribution in [2.75, 3.05) is 33.5 Å². The summed E-state index contributed by atoms with van der Waals surface area (Å²) in [4.78, 5) is 0. The SMILES string of the molecule is COCCOCCCOc1ccc(C#N)c(Br)c1. The number of hydrogen-bond donors (Lipinski definition) is 0. The van der Waals surface area contributed by atoms with E-state index in [0.717, 1.165) is 16.6 Å². The zero-order chi connectivity index (χ0) is 13.2. The van der Waals surface area contributed by atoms with Gasteiger partial charge in [-0.05, 0) is 34.1 Å². The van der Waals surface area contributed by atoms with Crippen LogP contribution in [-0.2, 0) is 9.47 Å². The Bertz CT molecular complexity index is 404. The molecule has 0 bridgehead atoms. The van der Waals surface area contributed by atoms with Gasteiger partial charge in [-0.25, -0.2) is 0 Å². The molecule has 0 aromatic heterocycles. The van der Waals surface area contributed by atoms with Crippen LogP contribution in [0.5, 0.6) is 5.75 Å². The maximum absolute atomic E-state index is 8.78. The third-order valence-electron chi connectivity index (χ3n) is 2.19. The lowest BCUT2D eigenvalue weighted by Crippen LogP contribution is -2.06. The van der Waals surface area contributed by atoms with Crippen LogP contribution in [0.15, 0.2) is 22.7 Å². The Morgan fingerprint density at radius 2 is 2.06 bits per heavy atom. The van der Waals surface area contributed by atoms with Crippen molar-refractivity contribution < 1.29 is 14.2 Å². The first kappa shape index (κ1) is 15.0. The average molecular weight is 314 g/mol. The maximum atomic E-state index is 8.78. The second kappa shape index (κ2) is 8.92. The van der Waals surface area contributed by atoms with Crippen LogP contribution in [0.1, 0.15) is 12.0 Å². The number of nitrogens with zero attached hydrogens (tertiary/aromatic N) is 1. The van der Waals surface area contributed by atoms with Crippen molar-refractivity contribution in [1.82, 2.24) is 0 Å². The van der Waals surface area contributed by atoms with Crippen molar-refractivity contribution in [2.45, 2.75) is 6.42 Å². The van der Waals surface area contributed by atoms with Crippen LogP contribution in [-0.4, -0.2) is 33.5 Å². The van der Waals surface area contributed by atoms with Gasteiger partial charge >= 0.3 is 0 Å². The lowest BCUT2D eigenvalue weighted by atomic mass is 10.2.